The average molecular weight is 183 g/mol. The van der Waals surface area contributed by atoms with Gasteiger partial charge < -0.3 is 10.1 Å². The molecule has 0 aromatic carbocycles. The third-order valence-corrected chi connectivity index (χ3v) is 1.72. The molecule has 5 heteroatoms. The van der Waals surface area contributed by atoms with Gasteiger partial charge in [0.2, 0.25) is 5.88 Å². The molecular weight excluding hydrogens is 170 g/mol. The Morgan fingerprint density at radius 2 is 2.46 bits per heavy atom. The zero-order valence-corrected chi connectivity index (χ0v) is 8.00. The molecule has 72 valence electrons. The molecule has 0 aliphatic rings. The molecule has 1 aromatic rings. The third-order valence-electron chi connectivity index (χ3n) is 1.72. The SMILES string of the molecule is CNCC(=O)c1cnn(C)c1OC. The number of carbonyl (C=O) groups excluding carboxylic acids is 1. The highest BCUT2D eigenvalue weighted by Crippen LogP contribution is 2.16. The fourth-order valence-corrected chi connectivity index (χ4v) is 1.12. The summed E-state index contributed by atoms with van der Waals surface area (Å²) >= 11 is 0. The van der Waals surface area contributed by atoms with Crippen LogP contribution in [0.1, 0.15) is 10.4 Å². The third kappa shape index (κ3) is 1.86. The highest BCUT2D eigenvalue weighted by atomic mass is 16.5. The summed E-state index contributed by atoms with van der Waals surface area (Å²) in [5.41, 5.74) is 0.513. The Morgan fingerprint density at radius 1 is 1.77 bits per heavy atom. The van der Waals surface area contributed by atoms with Crippen molar-refractivity contribution in [3.8, 4) is 5.88 Å². The van der Waals surface area contributed by atoms with E-state index in [1.54, 1.807) is 14.1 Å². The van der Waals surface area contributed by atoms with Gasteiger partial charge >= 0.3 is 0 Å². The largest absolute Gasteiger partial charge is 0.481 e. The van der Waals surface area contributed by atoms with Crippen molar-refractivity contribution < 1.29 is 9.53 Å². The molecule has 0 aliphatic carbocycles. The summed E-state index contributed by atoms with van der Waals surface area (Å²) in [7, 11) is 4.98. The van der Waals surface area contributed by atoms with E-state index in [1.807, 2.05) is 0 Å². The van der Waals surface area contributed by atoms with Gasteiger partial charge in [-0.05, 0) is 7.05 Å². The van der Waals surface area contributed by atoms with Crippen LogP contribution >= 0.6 is 0 Å². The van der Waals surface area contributed by atoms with E-state index in [2.05, 4.69) is 10.4 Å². The minimum atomic E-state index is -0.0209. The fourth-order valence-electron chi connectivity index (χ4n) is 1.12. The summed E-state index contributed by atoms with van der Waals surface area (Å²) in [4.78, 5) is 11.4. The second kappa shape index (κ2) is 4.04. The maximum absolute atomic E-state index is 11.4. The van der Waals surface area contributed by atoms with Crippen LogP contribution in [0.25, 0.3) is 0 Å². The predicted molar refractivity (Wildman–Crippen MR) is 48.0 cm³/mol. The summed E-state index contributed by atoms with van der Waals surface area (Å²) in [6, 6.07) is 0. The van der Waals surface area contributed by atoms with E-state index in [1.165, 1.54) is 18.0 Å². The Balaban J connectivity index is 2.93. The maximum Gasteiger partial charge on any atom is 0.222 e. The number of nitrogens with one attached hydrogen (secondary N) is 1. The summed E-state index contributed by atoms with van der Waals surface area (Å²) in [5, 5.41) is 6.72. The Morgan fingerprint density at radius 3 is 3.00 bits per heavy atom. The molecule has 1 rings (SSSR count). The van der Waals surface area contributed by atoms with Gasteiger partial charge in [0.05, 0.1) is 19.9 Å². The Hall–Kier alpha value is -1.36. The molecule has 0 saturated heterocycles. The van der Waals surface area contributed by atoms with Crippen molar-refractivity contribution in [1.29, 1.82) is 0 Å². The second-order valence-electron chi connectivity index (χ2n) is 2.64. The van der Waals surface area contributed by atoms with Gasteiger partial charge in [0.1, 0.15) is 5.56 Å². The molecule has 1 N–H and O–H groups in total. The molecule has 0 radical (unpaired) electrons. The first-order valence-electron chi connectivity index (χ1n) is 3.94. The summed E-state index contributed by atoms with van der Waals surface area (Å²) in [6.45, 7) is 0.294. The lowest BCUT2D eigenvalue weighted by Crippen LogP contribution is -2.18. The van der Waals surface area contributed by atoms with Crippen molar-refractivity contribution in [1.82, 2.24) is 15.1 Å². The minimum absolute atomic E-state index is 0.0209. The molecule has 5 nitrogen and oxygen atoms in total. The van der Waals surface area contributed by atoms with Crippen LogP contribution in [0.3, 0.4) is 0 Å². The molecule has 0 saturated carbocycles. The van der Waals surface area contributed by atoms with E-state index < -0.39 is 0 Å². The summed E-state index contributed by atoms with van der Waals surface area (Å²) < 4.78 is 6.57. The number of aryl methyl sites for hydroxylation is 1. The van der Waals surface area contributed by atoms with Crippen molar-refractivity contribution in [2.24, 2.45) is 7.05 Å². The van der Waals surface area contributed by atoms with Crippen LogP contribution in [-0.2, 0) is 7.05 Å². The van der Waals surface area contributed by atoms with Crippen LogP contribution in [-0.4, -0.2) is 36.3 Å². The zero-order valence-electron chi connectivity index (χ0n) is 8.00. The highest BCUT2D eigenvalue weighted by Gasteiger charge is 2.15. The van der Waals surface area contributed by atoms with Crippen LogP contribution in [0.2, 0.25) is 0 Å². The number of hydrogen-bond acceptors (Lipinski definition) is 4. The van der Waals surface area contributed by atoms with E-state index in [-0.39, 0.29) is 5.78 Å². The van der Waals surface area contributed by atoms with Crippen LogP contribution in [0.15, 0.2) is 6.20 Å². The van der Waals surface area contributed by atoms with Gasteiger partial charge in [0.25, 0.3) is 0 Å². The van der Waals surface area contributed by atoms with Crippen LogP contribution in [0, 0.1) is 0 Å². The fraction of sp³-hybridized carbons (Fsp3) is 0.500. The lowest BCUT2D eigenvalue weighted by molar-refractivity contribution is 0.0990. The van der Waals surface area contributed by atoms with Gasteiger partial charge in [-0.1, -0.05) is 0 Å². The highest BCUT2D eigenvalue weighted by molar-refractivity contribution is 5.99. The Labute approximate surface area is 76.7 Å². The number of carbonyl (C=O) groups is 1. The van der Waals surface area contributed by atoms with Crippen LogP contribution in [0.5, 0.6) is 5.88 Å². The summed E-state index contributed by atoms with van der Waals surface area (Å²) in [5.74, 6) is 0.479. The second-order valence-corrected chi connectivity index (χ2v) is 2.64. The monoisotopic (exact) mass is 183 g/mol. The van der Waals surface area contributed by atoms with Crippen LogP contribution in [0.4, 0.5) is 0 Å². The molecule has 0 spiro atoms. The normalized spacial score (nSPS) is 10.1. The number of rotatable bonds is 4. The van der Waals surface area contributed by atoms with Gasteiger partial charge in [-0.3, -0.25) is 4.79 Å². The zero-order chi connectivity index (χ0) is 9.84. The molecule has 0 bridgehead atoms. The topological polar surface area (TPSA) is 56.2 Å². The Bertz CT molecular complexity index is 306. The van der Waals surface area contributed by atoms with Gasteiger partial charge in [-0.2, -0.15) is 5.10 Å². The summed E-state index contributed by atoms with van der Waals surface area (Å²) in [6.07, 6.45) is 1.51. The maximum atomic E-state index is 11.4. The number of methoxy groups -OCH3 is 1. The number of Topliss-reactive ketones (excluding diaryl/α,β-unsaturated/α-hetero) is 1. The number of ketones is 1. The smallest absolute Gasteiger partial charge is 0.222 e. The van der Waals surface area contributed by atoms with Crippen molar-refractivity contribution in [3.63, 3.8) is 0 Å². The van der Waals surface area contributed by atoms with Gasteiger partial charge in [-0.25, -0.2) is 4.68 Å². The molecule has 0 amide bonds. The van der Waals surface area contributed by atoms with E-state index >= 15 is 0 Å². The number of likely N-dealkylation sites (N-methyl/N-ethyl adjacent to an activating group) is 1. The first-order chi connectivity index (χ1) is 6.20. The van der Waals surface area contributed by atoms with Crippen molar-refractivity contribution in [2.75, 3.05) is 20.7 Å². The number of ether oxygens (including phenoxy) is 1. The lowest BCUT2D eigenvalue weighted by Gasteiger charge is -2.02. The molecule has 0 fully saturated rings. The number of nitrogens with zero attached hydrogens (tertiary/aromatic N) is 2. The van der Waals surface area contributed by atoms with Crippen LogP contribution < -0.4 is 10.1 Å². The minimum Gasteiger partial charge on any atom is -0.481 e. The molecule has 1 aromatic heterocycles. The molecular formula is C8H13N3O2. The van der Waals surface area contributed by atoms with E-state index in [0.29, 0.717) is 18.0 Å². The molecule has 0 unspecified atom stereocenters. The average Bonchev–Trinajstić information content (AvgIpc) is 2.47. The number of hydrogen-bond donors (Lipinski definition) is 1. The standard InChI is InChI=1S/C8H13N3O2/c1-9-5-7(12)6-4-10-11(2)8(6)13-3/h4,9H,5H2,1-3H3. The number of aromatic nitrogens is 2. The molecule has 0 aliphatic heterocycles. The quantitative estimate of drug-likeness (QED) is 0.658. The molecule has 0 atom stereocenters. The van der Waals surface area contributed by atoms with Gasteiger partial charge in [-0.15, -0.1) is 0 Å². The first-order valence-corrected chi connectivity index (χ1v) is 3.94. The molecule has 1 heterocycles. The van der Waals surface area contributed by atoms with E-state index in [4.69, 9.17) is 4.74 Å². The first kappa shape index (κ1) is 9.73. The van der Waals surface area contributed by atoms with Gasteiger partial charge in [0.15, 0.2) is 5.78 Å². The lowest BCUT2D eigenvalue weighted by atomic mass is 10.2. The predicted octanol–water partition coefficient (Wildman–Crippen LogP) is -0.169. The molecule has 13 heavy (non-hydrogen) atoms. The van der Waals surface area contributed by atoms with Crippen molar-refractivity contribution in [3.05, 3.63) is 11.8 Å². The van der Waals surface area contributed by atoms with Gasteiger partial charge in [0, 0.05) is 7.05 Å². The van der Waals surface area contributed by atoms with E-state index in [9.17, 15) is 4.79 Å². The Kier molecular flexibility index (Phi) is 3.02. The van der Waals surface area contributed by atoms with Crippen molar-refractivity contribution >= 4 is 5.78 Å². The van der Waals surface area contributed by atoms with Crippen molar-refractivity contribution in [2.45, 2.75) is 0 Å². The van der Waals surface area contributed by atoms with E-state index in [0.717, 1.165) is 0 Å².